The van der Waals surface area contributed by atoms with E-state index in [2.05, 4.69) is 10.6 Å². The van der Waals surface area contributed by atoms with E-state index in [1.54, 1.807) is 32.2 Å². The second kappa shape index (κ2) is 10.6. The van der Waals surface area contributed by atoms with Gasteiger partial charge in [-0.2, -0.15) is 0 Å². The fourth-order valence-electron chi connectivity index (χ4n) is 2.37. The summed E-state index contributed by atoms with van der Waals surface area (Å²) in [6.45, 7) is 6.18. The lowest BCUT2D eigenvalue weighted by atomic mass is 10.2. The molecule has 6 nitrogen and oxygen atoms in total. The Bertz CT molecular complexity index is 809. The van der Waals surface area contributed by atoms with Crippen molar-refractivity contribution in [1.82, 2.24) is 0 Å². The number of carbonyl (C=O) groups is 2. The molecule has 2 N–H and O–H groups in total. The third kappa shape index (κ3) is 6.49. The largest absolute Gasteiger partial charge is 0.493 e. The third-order valence-corrected chi connectivity index (χ3v) is 5.04. The number of thioether (sulfide) groups is 1. The maximum absolute atomic E-state index is 12.4. The van der Waals surface area contributed by atoms with Crippen LogP contribution in [-0.2, 0) is 9.59 Å². The smallest absolute Gasteiger partial charge is 0.237 e. The summed E-state index contributed by atoms with van der Waals surface area (Å²) < 4.78 is 10.8. The maximum atomic E-state index is 12.4. The molecule has 150 valence electrons. The van der Waals surface area contributed by atoms with Crippen LogP contribution in [0.4, 0.5) is 11.4 Å². The lowest BCUT2D eigenvalue weighted by Gasteiger charge is -2.14. The molecule has 0 radical (unpaired) electrons. The van der Waals surface area contributed by atoms with Crippen LogP contribution in [0.25, 0.3) is 0 Å². The quantitative estimate of drug-likeness (QED) is 0.660. The lowest BCUT2D eigenvalue weighted by Crippen LogP contribution is -2.25. The first-order valence-corrected chi connectivity index (χ1v) is 10.1. The van der Waals surface area contributed by atoms with Gasteiger partial charge in [-0.3, -0.25) is 9.59 Å². The van der Waals surface area contributed by atoms with Crippen LogP contribution in [0.5, 0.6) is 11.5 Å². The summed E-state index contributed by atoms with van der Waals surface area (Å²) in [5.41, 5.74) is 2.49. The maximum Gasteiger partial charge on any atom is 0.237 e. The van der Waals surface area contributed by atoms with Crippen molar-refractivity contribution in [1.29, 1.82) is 0 Å². The molecule has 0 aliphatic carbocycles. The molecule has 2 amide bonds. The van der Waals surface area contributed by atoms with E-state index in [0.29, 0.717) is 23.8 Å². The summed E-state index contributed by atoms with van der Waals surface area (Å²) in [5, 5.41) is 5.28. The van der Waals surface area contributed by atoms with Crippen LogP contribution in [0.2, 0.25) is 0 Å². The fourth-order valence-corrected chi connectivity index (χ4v) is 3.06. The third-order valence-electron chi connectivity index (χ3n) is 3.90. The highest BCUT2D eigenvalue weighted by molar-refractivity contribution is 8.01. The van der Waals surface area contributed by atoms with Gasteiger partial charge in [0.05, 0.1) is 24.7 Å². The average Bonchev–Trinajstić information content (AvgIpc) is 2.69. The Hall–Kier alpha value is -2.67. The number of benzene rings is 2. The Kier molecular flexibility index (Phi) is 8.19. The minimum Gasteiger partial charge on any atom is -0.493 e. The van der Waals surface area contributed by atoms with Gasteiger partial charge in [-0.25, -0.2) is 0 Å². The Labute approximate surface area is 170 Å². The molecule has 0 aromatic heterocycles. The number of methoxy groups -OCH3 is 1. The summed E-state index contributed by atoms with van der Waals surface area (Å²) >= 11 is 1.28. The zero-order valence-electron chi connectivity index (χ0n) is 16.6. The fraction of sp³-hybridized carbons (Fsp3) is 0.333. The molecule has 0 saturated heterocycles. The van der Waals surface area contributed by atoms with Crippen LogP contribution in [0.1, 0.15) is 19.4 Å². The van der Waals surface area contributed by atoms with Crippen LogP contribution >= 0.6 is 11.8 Å². The molecule has 0 heterocycles. The molecule has 7 heteroatoms. The summed E-state index contributed by atoms with van der Waals surface area (Å²) in [7, 11) is 1.55. The van der Waals surface area contributed by atoms with Crippen LogP contribution in [0, 0.1) is 6.92 Å². The predicted molar refractivity (Wildman–Crippen MR) is 115 cm³/mol. The highest BCUT2D eigenvalue weighted by Gasteiger charge is 2.16. The van der Waals surface area contributed by atoms with Gasteiger partial charge in [0.25, 0.3) is 0 Å². The van der Waals surface area contributed by atoms with E-state index in [1.807, 2.05) is 38.1 Å². The number of aryl methyl sites for hydroxylation is 1. The first kappa shape index (κ1) is 21.6. The lowest BCUT2D eigenvalue weighted by molar-refractivity contribution is -0.115. The second-order valence-electron chi connectivity index (χ2n) is 6.16. The van der Waals surface area contributed by atoms with Gasteiger partial charge in [0.15, 0.2) is 11.5 Å². The normalized spacial score (nSPS) is 11.4. The number of carbonyl (C=O) groups excluding carboxylic acids is 2. The van der Waals surface area contributed by atoms with Gasteiger partial charge < -0.3 is 20.1 Å². The van der Waals surface area contributed by atoms with Gasteiger partial charge in [-0.15, -0.1) is 11.8 Å². The van der Waals surface area contributed by atoms with E-state index in [-0.39, 0.29) is 22.8 Å². The van der Waals surface area contributed by atoms with Crippen molar-refractivity contribution in [3.05, 3.63) is 48.0 Å². The Morgan fingerprint density at radius 2 is 1.71 bits per heavy atom. The minimum absolute atomic E-state index is 0.142. The van der Waals surface area contributed by atoms with Crippen molar-refractivity contribution < 1.29 is 19.1 Å². The zero-order chi connectivity index (χ0) is 20.5. The summed E-state index contributed by atoms with van der Waals surface area (Å²) in [6, 6.07) is 12.8. The zero-order valence-corrected chi connectivity index (χ0v) is 17.4. The van der Waals surface area contributed by atoms with Crippen molar-refractivity contribution in [3.63, 3.8) is 0 Å². The van der Waals surface area contributed by atoms with Gasteiger partial charge in [0.2, 0.25) is 11.8 Å². The molecule has 28 heavy (non-hydrogen) atoms. The van der Waals surface area contributed by atoms with Crippen molar-refractivity contribution in [3.8, 4) is 11.5 Å². The van der Waals surface area contributed by atoms with Crippen LogP contribution in [0.3, 0.4) is 0 Å². The summed E-state index contributed by atoms with van der Waals surface area (Å²) in [6.07, 6.45) is 0. The molecule has 2 aromatic rings. The van der Waals surface area contributed by atoms with Gasteiger partial charge in [0, 0.05) is 17.4 Å². The van der Waals surface area contributed by atoms with Crippen molar-refractivity contribution in [2.24, 2.45) is 0 Å². The average molecular weight is 403 g/mol. The van der Waals surface area contributed by atoms with Crippen molar-refractivity contribution >= 4 is 35.0 Å². The molecule has 2 rings (SSSR count). The van der Waals surface area contributed by atoms with Crippen LogP contribution in [-0.4, -0.2) is 36.5 Å². The molecule has 0 aliphatic heterocycles. The Balaban J connectivity index is 1.85. The first-order chi connectivity index (χ1) is 13.4. The van der Waals surface area contributed by atoms with Crippen LogP contribution in [0.15, 0.2) is 42.5 Å². The Morgan fingerprint density at radius 3 is 2.36 bits per heavy atom. The highest BCUT2D eigenvalue weighted by atomic mass is 32.2. The molecular formula is C21H26N2O4S. The van der Waals surface area contributed by atoms with Gasteiger partial charge >= 0.3 is 0 Å². The minimum atomic E-state index is -0.388. The first-order valence-electron chi connectivity index (χ1n) is 9.02. The number of anilines is 2. The molecule has 1 atom stereocenters. The van der Waals surface area contributed by atoms with Gasteiger partial charge in [0.1, 0.15) is 0 Å². The van der Waals surface area contributed by atoms with Crippen LogP contribution < -0.4 is 20.1 Å². The monoisotopic (exact) mass is 402 g/mol. The molecule has 0 saturated carbocycles. The number of rotatable bonds is 9. The van der Waals surface area contributed by atoms with Crippen molar-refractivity contribution in [2.45, 2.75) is 26.0 Å². The highest BCUT2D eigenvalue weighted by Crippen LogP contribution is 2.30. The number of nitrogens with one attached hydrogen (secondary N) is 2. The number of ether oxygens (including phenoxy) is 2. The topological polar surface area (TPSA) is 76.7 Å². The standard InChI is InChI=1S/C21H26N2O4S/c1-5-27-18-11-10-17(12-19(18)26-4)23-21(25)15(3)28-13-20(24)22-16-8-6-14(2)7-9-16/h6-12,15H,5,13H2,1-4H3,(H,22,24)(H,23,25)/t15-/m0/s1. The van der Waals surface area contributed by atoms with Gasteiger partial charge in [-0.05, 0) is 45.0 Å². The molecule has 0 spiro atoms. The van der Waals surface area contributed by atoms with E-state index in [4.69, 9.17) is 9.47 Å². The molecule has 0 aliphatic rings. The van der Waals surface area contributed by atoms with E-state index < -0.39 is 0 Å². The summed E-state index contributed by atoms with van der Waals surface area (Å²) in [5.74, 6) is 1.04. The molecule has 2 aromatic carbocycles. The number of amides is 2. The van der Waals surface area contributed by atoms with E-state index >= 15 is 0 Å². The molecule has 0 bridgehead atoms. The Morgan fingerprint density at radius 1 is 1.04 bits per heavy atom. The van der Waals surface area contributed by atoms with E-state index in [9.17, 15) is 9.59 Å². The number of hydrogen-bond donors (Lipinski definition) is 2. The second-order valence-corrected chi connectivity index (χ2v) is 7.48. The number of hydrogen-bond acceptors (Lipinski definition) is 5. The van der Waals surface area contributed by atoms with E-state index in [1.165, 1.54) is 11.8 Å². The van der Waals surface area contributed by atoms with E-state index in [0.717, 1.165) is 11.3 Å². The molecular weight excluding hydrogens is 376 g/mol. The molecule has 0 unspecified atom stereocenters. The molecule has 0 fully saturated rings. The summed E-state index contributed by atoms with van der Waals surface area (Å²) in [4.78, 5) is 24.5. The predicted octanol–water partition coefficient (Wildman–Crippen LogP) is 4.10. The SMILES string of the molecule is CCOc1ccc(NC(=O)[C@H](C)SCC(=O)Nc2ccc(C)cc2)cc1OC. The van der Waals surface area contributed by atoms with Gasteiger partial charge in [-0.1, -0.05) is 17.7 Å². The van der Waals surface area contributed by atoms with Crippen molar-refractivity contribution in [2.75, 3.05) is 30.1 Å².